The summed E-state index contributed by atoms with van der Waals surface area (Å²) in [7, 11) is 1.01. The van der Waals surface area contributed by atoms with Gasteiger partial charge in [0.25, 0.3) is 0 Å². The van der Waals surface area contributed by atoms with Crippen LogP contribution in [-0.2, 0) is 14.3 Å². The molecule has 1 aliphatic rings. The first kappa shape index (κ1) is 11.8. The first-order chi connectivity index (χ1) is 6.77. The van der Waals surface area contributed by atoms with Crippen LogP contribution in [0.15, 0.2) is 0 Å². The maximum atomic E-state index is 13.2. The molecule has 1 fully saturated rings. The first-order valence-electron chi connectivity index (χ1n) is 4.19. The van der Waals surface area contributed by atoms with Crippen LogP contribution in [0, 0.1) is 0 Å². The zero-order valence-electron chi connectivity index (χ0n) is 8.29. The maximum absolute atomic E-state index is 13.2. The van der Waals surface area contributed by atoms with Gasteiger partial charge in [-0.25, -0.2) is 4.79 Å². The number of carboxylic acid groups (broad SMARTS) is 1. The molecule has 0 spiro atoms. The van der Waals surface area contributed by atoms with E-state index in [1.807, 2.05) is 0 Å². The summed E-state index contributed by atoms with van der Waals surface area (Å²) < 4.78 is 31.0. The summed E-state index contributed by atoms with van der Waals surface area (Å²) in [5, 5.41) is 8.36. The van der Waals surface area contributed by atoms with Gasteiger partial charge in [0.05, 0.1) is 13.1 Å². The van der Waals surface area contributed by atoms with Crippen LogP contribution >= 0.6 is 0 Å². The van der Waals surface area contributed by atoms with Crippen molar-refractivity contribution in [2.45, 2.75) is 18.4 Å². The number of carboxylic acids is 1. The topological polar surface area (TPSA) is 66.8 Å². The third-order valence-electron chi connectivity index (χ3n) is 2.57. The lowest BCUT2D eigenvalue weighted by Crippen LogP contribution is -2.73. The monoisotopic (exact) mass is 223 g/mol. The number of likely N-dealkylation sites (tertiary alicyclic amines) is 1. The molecule has 0 saturated carbocycles. The fourth-order valence-corrected chi connectivity index (χ4v) is 1.44. The number of carbonyl (C=O) groups is 2. The molecular formula is C8H11F2NO4. The van der Waals surface area contributed by atoms with E-state index in [-0.39, 0.29) is 5.91 Å². The predicted octanol–water partition coefficient (Wildman–Crippen LogP) is -0.0464. The van der Waals surface area contributed by atoms with Crippen molar-refractivity contribution in [1.29, 1.82) is 0 Å². The van der Waals surface area contributed by atoms with Gasteiger partial charge in [-0.2, -0.15) is 8.78 Å². The normalized spacial score (nSPS) is 19.6. The summed E-state index contributed by atoms with van der Waals surface area (Å²) in [5.74, 6) is -6.62. The highest BCUT2D eigenvalue weighted by atomic mass is 19.3. The van der Waals surface area contributed by atoms with Crippen LogP contribution < -0.4 is 0 Å². The molecule has 1 rings (SSSR count). The average molecular weight is 223 g/mol. The van der Waals surface area contributed by atoms with Crippen LogP contribution in [0.5, 0.6) is 0 Å². The number of carbonyl (C=O) groups excluding carboxylic acids is 1. The Balaban J connectivity index is 2.83. The first-order valence-corrected chi connectivity index (χ1v) is 4.19. The van der Waals surface area contributed by atoms with Crippen LogP contribution in [0.25, 0.3) is 0 Å². The highest BCUT2D eigenvalue weighted by Gasteiger charge is 2.66. The Morgan fingerprint density at radius 2 is 1.93 bits per heavy atom. The Kier molecular flexibility index (Phi) is 2.69. The van der Waals surface area contributed by atoms with E-state index in [0.29, 0.717) is 0 Å². The minimum Gasteiger partial charge on any atom is -0.477 e. The number of hydrogen-bond donors (Lipinski definition) is 1. The fraction of sp³-hybridized carbons (Fsp3) is 0.750. The second-order valence-corrected chi connectivity index (χ2v) is 3.45. The van der Waals surface area contributed by atoms with Gasteiger partial charge in [0, 0.05) is 14.0 Å². The van der Waals surface area contributed by atoms with Gasteiger partial charge >= 0.3 is 11.9 Å². The number of aliphatic carboxylic acids is 1. The molecule has 0 atom stereocenters. The van der Waals surface area contributed by atoms with Gasteiger partial charge in [-0.15, -0.1) is 0 Å². The van der Waals surface area contributed by atoms with Crippen LogP contribution in [0.1, 0.15) is 6.92 Å². The molecule has 1 amide bonds. The summed E-state index contributed by atoms with van der Waals surface area (Å²) in [6.07, 6.45) is 0. The van der Waals surface area contributed by atoms with Gasteiger partial charge in [0.1, 0.15) is 0 Å². The van der Waals surface area contributed by atoms with Gasteiger partial charge < -0.3 is 14.7 Å². The second kappa shape index (κ2) is 3.41. The second-order valence-electron chi connectivity index (χ2n) is 3.45. The minimum absolute atomic E-state index is 0.385. The number of rotatable bonds is 3. The zero-order chi connectivity index (χ0) is 11.9. The van der Waals surface area contributed by atoms with Crippen molar-refractivity contribution in [3.05, 3.63) is 0 Å². The molecule has 0 aromatic heterocycles. The zero-order valence-corrected chi connectivity index (χ0v) is 8.29. The summed E-state index contributed by atoms with van der Waals surface area (Å²) in [5.41, 5.74) is -2.09. The van der Waals surface area contributed by atoms with Crippen LogP contribution in [-0.4, -0.2) is 53.6 Å². The van der Waals surface area contributed by atoms with Crippen LogP contribution in [0.4, 0.5) is 8.78 Å². The van der Waals surface area contributed by atoms with Crippen LogP contribution in [0.3, 0.4) is 0 Å². The Labute approximate surface area is 84.6 Å². The van der Waals surface area contributed by atoms with Gasteiger partial charge in [0.2, 0.25) is 5.91 Å². The molecule has 0 aliphatic carbocycles. The third kappa shape index (κ3) is 1.56. The van der Waals surface area contributed by atoms with Gasteiger partial charge in [-0.3, -0.25) is 4.79 Å². The van der Waals surface area contributed by atoms with Crippen molar-refractivity contribution in [3.8, 4) is 0 Å². The molecule has 5 nitrogen and oxygen atoms in total. The Morgan fingerprint density at radius 1 is 1.47 bits per heavy atom. The molecule has 0 aromatic carbocycles. The highest BCUT2D eigenvalue weighted by Crippen LogP contribution is 2.39. The molecule has 1 aliphatic heterocycles. The summed E-state index contributed by atoms with van der Waals surface area (Å²) in [6, 6.07) is 0. The van der Waals surface area contributed by atoms with E-state index < -0.39 is 30.6 Å². The van der Waals surface area contributed by atoms with Crippen molar-refractivity contribution in [1.82, 2.24) is 4.90 Å². The van der Waals surface area contributed by atoms with Crippen molar-refractivity contribution < 1.29 is 28.2 Å². The van der Waals surface area contributed by atoms with E-state index >= 15 is 0 Å². The van der Waals surface area contributed by atoms with Crippen molar-refractivity contribution in [2.75, 3.05) is 20.2 Å². The quantitative estimate of drug-likeness (QED) is 0.728. The minimum atomic E-state index is -3.99. The largest absolute Gasteiger partial charge is 0.477 e. The number of methoxy groups -OCH3 is 1. The van der Waals surface area contributed by atoms with Crippen molar-refractivity contribution in [3.63, 3.8) is 0 Å². The fourth-order valence-electron chi connectivity index (χ4n) is 1.44. The molecule has 86 valence electrons. The number of ether oxygens (including phenoxy) is 1. The summed E-state index contributed by atoms with van der Waals surface area (Å²) >= 11 is 0. The van der Waals surface area contributed by atoms with E-state index in [9.17, 15) is 18.4 Å². The number of amides is 1. The molecule has 1 saturated heterocycles. The van der Waals surface area contributed by atoms with Crippen molar-refractivity contribution in [2.24, 2.45) is 0 Å². The Bertz CT molecular complexity index is 299. The Hall–Kier alpha value is -1.24. The van der Waals surface area contributed by atoms with E-state index in [2.05, 4.69) is 4.74 Å². The van der Waals surface area contributed by atoms with Crippen molar-refractivity contribution >= 4 is 11.9 Å². The van der Waals surface area contributed by atoms with Gasteiger partial charge in [-0.1, -0.05) is 0 Å². The van der Waals surface area contributed by atoms with E-state index in [1.54, 1.807) is 0 Å². The molecular weight excluding hydrogens is 212 g/mol. The predicted molar refractivity (Wildman–Crippen MR) is 44.6 cm³/mol. The number of nitrogens with zero attached hydrogens (tertiary/aromatic N) is 1. The number of alkyl halides is 2. The molecule has 0 radical (unpaired) electrons. The maximum Gasteiger partial charge on any atom is 0.377 e. The number of halogens is 2. The molecule has 0 bridgehead atoms. The summed E-state index contributed by atoms with van der Waals surface area (Å²) in [6.45, 7) is 0.411. The smallest absolute Gasteiger partial charge is 0.377 e. The summed E-state index contributed by atoms with van der Waals surface area (Å²) in [4.78, 5) is 22.3. The molecule has 0 aromatic rings. The van der Waals surface area contributed by atoms with Gasteiger partial charge in [0.15, 0.2) is 5.60 Å². The molecule has 1 heterocycles. The average Bonchev–Trinajstić information content (AvgIpc) is 2.01. The standard InChI is InChI=1S/C8H11F2NO4/c1-5(12)11-3-7(4-11,15-2)8(9,10)6(13)14/h3-4H2,1-2H3,(H,13,14). The van der Waals surface area contributed by atoms with Crippen LogP contribution in [0.2, 0.25) is 0 Å². The molecule has 0 unspecified atom stereocenters. The Morgan fingerprint density at radius 3 is 2.20 bits per heavy atom. The van der Waals surface area contributed by atoms with E-state index in [4.69, 9.17) is 5.11 Å². The van der Waals surface area contributed by atoms with E-state index in [0.717, 1.165) is 12.0 Å². The number of hydrogen-bond acceptors (Lipinski definition) is 3. The third-order valence-corrected chi connectivity index (χ3v) is 2.57. The van der Waals surface area contributed by atoms with Gasteiger partial charge in [-0.05, 0) is 0 Å². The molecule has 15 heavy (non-hydrogen) atoms. The lowest BCUT2D eigenvalue weighted by atomic mass is 9.86. The van der Waals surface area contributed by atoms with E-state index in [1.165, 1.54) is 6.92 Å². The lowest BCUT2D eigenvalue weighted by molar-refractivity contribution is -0.252. The SMILES string of the molecule is COC1(C(F)(F)C(=O)O)CN(C(C)=O)C1. The molecule has 1 N–H and O–H groups in total. The highest BCUT2D eigenvalue weighted by molar-refractivity contribution is 5.80. The molecule has 7 heteroatoms. The lowest BCUT2D eigenvalue weighted by Gasteiger charge is -2.50.